The van der Waals surface area contributed by atoms with Crippen LogP contribution in [0.15, 0.2) is 18.2 Å². The van der Waals surface area contributed by atoms with Gasteiger partial charge in [0.1, 0.15) is 11.6 Å². The first-order valence-electron chi connectivity index (χ1n) is 5.54. The number of hydrogen-bond acceptors (Lipinski definition) is 3. The second-order valence-electron chi connectivity index (χ2n) is 4.18. The Morgan fingerprint density at radius 1 is 1.35 bits per heavy atom. The molecule has 0 aliphatic carbocycles. The molecule has 1 saturated heterocycles. The Balaban J connectivity index is 2.14. The van der Waals surface area contributed by atoms with Crippen LogP contribution in [0, 0.1) is 5.82 Å². The molecule has 0 bridgehead atoms. The number of amides is 1. The number of piperidine rings is 1. The van der Waals surface area contributed by atoms with E-state index >= 15 is 0 Å². The van der Waals surface area contributed by atoms with Crippen molar-refractivity contribution in [2.45, 2.75) is 18.9 Å². The third-order valence-electron chi connectivity index (χ3n) is 2.94. The smallest absolute Gasteiger partial charge is 0.257 e. The molecule has 5 heteroatoms. The summed E-state index contributed by atoms with van der Waals surface area (Å²) in [6.45, 7) is 0.910. The highest BCUT2D eigenvalue weighted by molar-refractivity contribution is 5.96. The standard InChI is InChI=1S/C12H14FNO3/c13-8-1-2-10(11(16)7-8)12(17)14-5-3-9(15)4-6-14/h1-2,7,9,15-16H,3-6H2. The van der Waals surface area contributed by atoms with Gasteiger partial charge < -0.3 is 15.1 Å². The van der Waals surface area contributed by atoms with E-state index in [-0.39, 0.29) is 23.3 Å². The molecule has 0 unspecified atom stereocenters. The minimum atomic E-state index is -0.576. The zero-order valence-electron chi connectivity index (χ0n) is 9.27. The summed E-state index contributed by atoms with van der Waals surface area (Å²) in [5.41, 5.74) is 0.0998. The van der Waals surface area contributed by atoms with Crippen molar-refractivity contribution in [3.05, 3.63) is 29.6 Å². The predicted octanol–water partition coefficient (Wildman–Crippen LogP) is 1.13. The molecule has 0 saturated carbocycles. The molecular weight excluding hydrogens is 225 g/mol. The van der Waals surface area contributed by atoms with Crippen LogP contribution in [0.1, 0.15) is 23.2 Å². The molecule has 0 atom stereocenters. The van der Waals surface area contributed by atoms with Gasteiger partial charge in [-0.2, -0.15) is 0 Å². The van der Waals surface area contributed by atoms with Gasteiger partial charge in [0.2, 0.25) is 0 Å². The van der Waals surface area contributed by atoms with E-state index in [9.17, 15) is 19.4 Å². The van der Waals surface area contributed by atoms with E-state index in [0.29, 0.717) is 25.9 Å². The first-order chi connectivity index (χ1) is 8.08. The summed E-state index contributed by atoms with van der Waals surface area (Å²) in [4.78, 5) is 13.6. The second kappa shape index (κ2) is 4.71. The number of rotatable bonds is 1. The van der Waals surface area contributed by atoms with Gasteiger partial charge in [-0.3, -0.25) is 4.79 Å². The van der Waals surface area contributed by atoms with Crippen molar-refractivity contribution in [2.75, 3.05) is 13.1 Å². The molecular formula is C12H14FNO3. The van der Waals surface area contributed by atoms with Crippen molar-refractivity contribution in [3.8, 4) is 5.75 Å². The number of carbonyl (C=O) groups excluding carboxylic acids is 1. The maximum Gasteiger partial charge on any atom is 0.257 e. The van der Waals surface area contributed by atoms with Gasteiger partial charge in [-0.25, -0.2) is 4.39 Å². The number of phenolic OH excluding ortho intramolecular Hbond substituents is 1. The fraction of sp³-hybridized carbons (Fsp3) is 0.417. The highest BCUT2D eigenvalue weighted by atomic mass is 19.1. The highest BCUT2D eigenvalue weighted by Crippen LogP contribution is 2.21. The van der Waals surface area contributed by atoms with Gasteiger partial charge >= 0.3 is 0 Å². The molecule has 1 aliphatic heterocycles. The van der Waals surface area contributed by atoms with E-state index in [1.165, 1.54) is 6.07 Å². The molecule has 0 radical (unpaired) electrons. The SMILES string of the molecule is O=C(c1ccc(F)cc1O)N1CCC(O)CC1. The van der Waals surface area contributed by atoms with Crippen LogP contribution in [0.3, 0.4) is 0 Å². The number of aliphatic hydroxyl groups excluding tert-OH is 1. The van der Waals surface area contributed by atoms with Crippen molar-refractivity contribution in [1.29, 1.82) is 0 Å². The lowest BCUT2D eigenvalue weighted by Crippen LogP contribution is -2.40. The number of aromatic hydroxyl groups is 1. The molecule has 92 valence electrons. The van der Waals surface area contributed by atoms with Gasteiger partial charge in [-0.05, 0) is 25.0 Å². The Morgan fingerprint density at radius 3 is 2.59 bits per heavy atom. The number of hydrogen-bond donors (Lipinski definition) is 2. The largest absolute Gasteiger partial charge is 0.507 e. The molecule has 1 aliphatic rings. The van der Waals surface area contributed by atoms with Crippen LogP contribution in [-0.4, -0.2) is 40.2 Å². The summed E-state index contributed by atoms with van der Waals surface area (Å²) in [5, 5.41) is 18.8. The van der Waals surface area contributed by atoms with E-state index in [1.807, 2.05) is 0 Å². The number of aliphatic hydroxyl groups is 1. The van der Waals surface area contributed by atoms with Crippen LogP contribution in [0.4, 0.5) is 4.39 Å². The lowest BCUT2D eigenvalue weighted by molar-refractivity contribution is 0.0544. The van der Waals surface area contributed by atoms with Gasteiger partial charge in [0, 0.05) is 19.2 Å². The average molecular weight is 239 g/mol. The molecule has 1 fully saturated rings. The number of halogens is 1. The summed E-state index contributed by atoms with van der Waals surface area (Å²) in [6, 6.07) is 3.34. The van der Waals surface area contributed by atoms with Crippen LogP contribution in [0.25, 0.3) is 0 Å². The van der Waals surface area contributed by atoms with Crippen molar-refractivity contribution >= 4 is 5.91 Å². The van der Waals surface area contributed by atoms with E-state index in [1.54, 1.807) is 4.90 Å². The Labute approximate surface area is 98.3 Å². The molecule has 4 nitrogen and oxygen atoms in total. The summed E-state index contributed by atoms with van der Waals surface area (Å²) in [5.74, 6) is -1.25. The normalized spacial score (nSPS) is 17.2. The van der Waals surface area contributed by atoms with Gasteiger partial charge in [0.15, 0.2) is 0 Å². The average Bonchev–Trinajstić information content (AvgIpc) is 2.29. The zero-order valence-corrected chi connectivity index (χ0v) is 9.27. The number of likely N-dealkylation sites (tertiary alicyclic amines) is 1. The zero-order chi connectivity index (χ0) is 12.4. The van der Waals surface area contributed by atoms with E-state index < -0.39 is 5.82 Å². The summed E-state index contributed by atoms with van der Waals surface area (Å²) >= 11 is 0. The van der Waals surface area contributed by atoms with Gasteiger partial charge in [0.05, 0.1) is 11.7 Å². The quantitative estimate of drug-likeness (QED) is 0.772. The monoisotopic (exact) mass is 239 g/mol. The number of nitrogens with zero attached hydrogens (tertiary/aromatic N) is 1. The van der Waals surface area contributed by atoms with E-state index in [4.69, 9.17) is 0 Å². The van der Waals surface area contributed by atoms with Crippen LogP contribution >= 0.6 is 0 Å². The fourth-order valence-electron chi connectivity index (χ4n) is 1.92. The summed E-state index contributed by atoms with van der Waals surface area (Å²) < 4.78 is 12.8. The minimum Gasteiger partial charge on any atom is -0.507 e. The summed E-state index contributed by atoms with van der Waals surface area (Å²) in [7, 11) is 0. The minimum absolute atomic E-state index is 0.0998. The fourth-order valence-corrected chi connectivity index (χ4v) is 1.92. The van der Waals surface area contributed by atoms with Crippen LogP contribution < -0.4 is 0 Å². The third kappa shape index (κ3) is 2.55. The molecule has 1 heterocycles. The molecule has 2 rings (SSSR count). The molecule has 0 spiro atoms. The Bertz CT molecular complexity index is 428. The molecule has 1 aromatic carbocycles. The van der Waals surface area contributed by atoms with Crippen molar-refractivity contribution in [1.82, 2.24) is 4.90 Å². The number of benzene rings is 1. The molecule has 1 aromatic rings. The van der Waals surface area contributed by atoms with E-state index in [2.05, 4.69) is 0 Å². The molecule has 1 amide bonds. The lowest BCUT2D eigenvalue weighted by atomic mass is 10.1. The third-order valence-corrected chi connectivity index (χ3v) is 2.94. The van der Waals surface area contributed by atoms with Crippen LogP contribution in [-0.2, 0) is 0 Å². The Kier molecular flexibility index (Phi) is 3.28. The topological polar surface area (TPSA) is 60.8 Å². The molecule has 2 N–H and O–H groups in total. The Morgan fingerprint density at radius 2 is 2.00 bits per heavy atom. The van der Waals surface area contributed by atoms with Crippen molar-refractivity contribution in [2.24, 2.45) is 0 Å². The van der Waals surface area contributed by atoms with Crippen LogP contribution in [0.5, 0.6) is 5.75 Å². The predicted molar refractivity (Wildman–Crippen MR) is 59.2 cm³/mol. The van der Waals surface area contributed by atoms with Gasteiger partial charge in [-0.1, -0.05) is 0 Å². The lowest BCUT2D eigenvalue weighted by Gasteiger charge is -2.29. The van der Waals surface area contributed by atoms with Gasteiger partial charge in [0.25, 0.3) is 5.91 Å². The molecule has 0 aromatic heterocycles. The number of carbonyl (C=O) groups is 1. The van der Waals surface area contributed by atoms with Crippen molar-refractivity contribution in [3.63, 3.8) is 0 Å². The first-order valence-corrected chi connectivity index (χ1v) is 5.54. The van der Waals surface area contributed by atoms with Crippen molar-refractivity contribution < 1.29 is 19.4 Å². The first kappa shape index (κ1) is 11.9. The second-order valence-corrected chi connectivity index (χ2v) is 4.18. The maximum absolute atomic E-state index is 12.8. The Hall–Kier alpha value is -1.62. The number of phenols is 1. The van der Waals surface area contributed by atoms with E-state index in [0.717, 1.165) is 12.1 Å². The van der Waals surface area contributed by atoms with Crippen LogP contribution in [0.2, 0.25) is 0 Å². The molecule has 17 heavy (non-hydrogen) atoms. The van der Waals surface area contributed by atoms with Gasteiger partial charge in [-0.15, -0.1) is 0 Å². The summed E-state index contributed by atoms with van der Waals surface area (Å²) in [6.07, 6.45) is 0.711. The maximum atomic E-state index is 12.8. The highest BCUT2D eigenvalue weighted by Gasteiger charge is 2.24.